The van der Waals surface area contributed by atoms with Crippen molar-refractivity contribution in [3.8, 4) is 0 Å². The molecule has 0 bridgehead atoms. The summed E-state index contributed by atoms with van der Waals surface area (Å²) in [6.45, 7) is 7.98. The van der Waals surface area contributed by atoms with Crippen LogP contribution in [0, 0.1) is 0 Å². The lowest BCUT2D eigenvalue weighted by molar-refractivity contribution is -0.132. The Kier molecular flexibility index (Phi) is 20.6. The highest BCUT2D eigenvalue weighted by atomic mass is 28.3. The lowest BCUT2D eigenvalue weighted by Crippen LogP contribution is -2.22. The van der Waals surface area contributed by atoms with E-state index in [1.54, 1.807) is 0 Å². The molecule has 0 amide bonds. The van der Waals surface area contributed by atoms with Gasteiger partial charge in [-0.1, -0.05) is 110 Å². The second-order valence-corrected chi connectivity index (χ2v) is 11.2. The molecule has 1 saturated heterocycles. The monoisotopic (exact) mass is 412 g/mol. The minimum absolute atomic E-state index is 0.176. The molecule has 166 valence electrons. The third-order valence-electron chi connectivity index (χ3n) is 5.52. The Hall–Kier alpha value is -0.613. The molecule has 1 N–H and O–H groups in total. The highest BCUT2D eigenvalue weighted by Crippen LogP contribution is 2.18. The van der Waals surface area contributed by atoms with E-state index < -0.39 is 15.0 Å². The van der Waals surface area contributed by atoms with Crippen LogP contribution in [0.5, 0.6) is 0 Å². The Morgan fingerprint density at radius 2 is 1.29 bits per heavy atom. The number of carbonyl (C=O) groups is 1. The second kappa shape index (κ2) is 21.1. The van der Waals surface area contributed by atoms with Gasteiger partial charge in [-0.25, -0.2) is 4.79 Å². The molecule has 0 aromatic carbocycles. The Bertz CT molecular complexity index is 353. The van der Waals surface area contributed by atoms with Crippen LogP contribution in [0.1, 0.15) is 117 Å². The van der Waals surface area contributed by atoms with Gasteiger partial charge in [0.05, 0.1) is 0 Å². The van der Waals surface area contributed by atoms with Crippen LogP contribution in [0.3, 0.4) is 0 Å². The highest BCUT2D eigenvalue weighted by Gasteiger charge is 2.14. The zero-order chi connectivity index (χ0) is 20.9. The first kappa shape index (κ1) is 27.4. The molecule has 3 nitrogen and oxygen atoms in total. The molecule has 4 heteroatoms. The Morgan fingerprint density at radius 3 is 1.64 bits per heavy atom. The molecule has 1 aliphatic heterocycles. The maximum absolute atomic E-state index is 9.60. The highest BCUT2D eigenvalue weighted by molar-refractivity contribution is 6.51. The molecule has 1 rings (SSSR count). The van der Waals surface area contributed by atoms with E-state index in [1.165, 1.54) is 122 Å². The molecular weight excluding hydrogens is 364 g/mol. The molecule has 0 spiro atoms. The molecule has 0 aromatic rings. The zero-order valence-electron chi connectivity index (χ0n) is 19.0. The van der Waals surface area contributed by atoms with Gasteiger partial charge in [0, 0.05) is 12.2 Å². The fourth-order valence-electron chi connectivity index (χ4n) is 3.60. The van der Waals surface area contributed by atoms with Gasteiger partial charge >= 0.3 is 5.97 Å². The summed E-state index contributed by atoms with van der Waals surface area (Å²) in [5.41, 5.74) is 0.176. The minimum atomic E-state index is -0.935. The van der Waals surface area contributed by atoms with Crippen molar-refractivity contribution in [2.45, 2.75) is 129 Å². The van der Waals surface area contributed by atoms with E-state index in [9.17, 15) is 4.79 Å². The van der Waals surface area contributed by atoms with E-state index >= 15 is 0 Å². The lowest BCUT2D eigenvalue weighted by Gasteiger charge is -2.20. The second-order valence-electron chi connectivity index (χ2n) is 8.46. The number of carboxylic acid groups (broad SMARTS) is 1. The minimum Gasteiger partial charge on any atom is -0.478 e. The molecule has 0 saturated carbocycles. The largest absolute Gasteiger partial charge is 0.478 e. The van der Waals surface area contributed by atoms with E-state index in [0.717, 1.165) is 6.61 Å². The fraction of sp³-hybridized carbons (Fsp3) is 0.875. The van der Waals surface area contributed by atoms with Crippen molar-refractivity contribution in [1.82, 2.24) is 0 Å². The average molecular weight is 413 g/mol. The van der Waals surface area contributed by atoms with Crippen LogP contribution in [0.25, 0.3) is 0 Å². The summed E-state index contributed by atoms with van der Waals surface area (Å²) in [7, 11) is -0.715. The van der Waals surface area contributed by atoms with Gasteiger partial charge in [-0.15, -0.1) is 0 Å². The average Bonchev–Trinajstić information content (AvgIpc) is 2.69. The molecule has 28 heavy (non-hydrogen) atoms. The van der Waals surface area contributed by atoms with Crippen LogP contribution in [-0.4, -0.2) is 26.7 Å². The summed E-state index contributed by atoms with van der Waals surface area (Å²) < 4.78 is 5.93. The van der Waals surface area contributed by atoms with Crippen molar-refractivity contribution in [2.75, 3.05) is 6.61 Å². The topological polar surface area (TPSA) is 46.5 Å². The van der Waals surface area contributed by atoms with Crippen LogP contribution in [-0.2, 0) is 9.22 Å². The van der Waals surface area contributed by atoms with Gasteiger partial charge in [0.2, 0.25) is 0 Å². The molecule has 0 aromatic heterocycles. The van der Waals surface area contributed by atoms with Gasteiger partial charge in [0.25, 0.3) is 0 Å². The van der Waals surface area contributed by atoms with Crippen LogP contribution >= 0.6 is 0 Å². The third kappa shape index (κ3) is 20.1. The molecule has 1 aliphatic rings. The normalized spacial score (nSPS) is 16.3. The maximum Gasteiger partial charge on any atom is 0.330 e. The summed E-state index contributed by atoms with van der Waals surface area (Å²) in [6.07, 6.45) is 23.3. The van der Waals surface area contributed by atoms with E-state index in [4.69, 9.17) is 9.53 Å². The number of rotatable bonds is 16. The number of hydrogen-bond acceptors (Lipinski definition) is 2. The summed E-state index contributed by atoms with van der Waals surface area (Å²) in [5.74, 6) is -0.935. The maximum atomic E-state index is 9.60. The molecule has 0 aliphatic carbocycles. The Balaban J connectivity index is 0.00000105. The Labute approximate surface area is 177 Å². The number of aliphatic carboxylic acids is 1. The SMILES string of the molecule is C=C(C)C(=O)O.CCCCCCCCCCCCCCCC[SiH]1CCCCO1. The van der Waals surface area contributed by atoms with Crippen molar-refractivity contribution in [3.05, 3.63) is 12.2 Å². The van der Waals surface area contributed by atoms with Crippen molar-refractivity contribution >= 4 is 15.0 Å². The fourth-order valence-corrected chi connectivity index (χ4v) is 6.21. The van der Waals surface area contributed by atoms with Crippen molar-refractivity contribution in [2.24, 2.45) is 0 Å². The first-order valence-corrected chi connectivity index (χ1v) is 14.2. The predicted octanol–water partition coefficient (Wildman–Crippen LogP) is 7.65. The summed E-state index contributed by atoms with van der Waals surface area (Å²) >= 11 is 0. The van der Waals surface area contributed by atoms with Gasteiger partial charge in [0.15, 0.2) is 9.04 Å². The molecule has 1 heterocycles. The van der Waals surface area contributed by atoms with Crippen LogP contribution < -0.4 is 0 Å². The predicted molar refractivity (Wildman–Crippen MR) is 125 cm³/mol. The standard InChI is InChI=1S/C20H42OSi.C4H6O2/c1-2-3-4-5-6-7-8-9-10-11-12-13-14-16-19-22-20-17-15-18-21-22;1-3(2)4(5)6/h22H,2-20H2,1H3;1H2,2H3,(H,5,6). The number of unbranched alkanes of at least 4 members (excludes halogenated alkanes) is 13. The Morgan fingerprint density at radius 1 is 0.857 bits per heavy atom. The van der Waals surface area contributed by atoms with Gasteiger partial charge in [0.1, 0.15) is 0 Å². The van der Waals surface area contributed by atoms with E-state index in [-0.39, 0.29) is 5.57 Å². The van der Waals surface area contributed by atoms with Crippen LogP contribution in [0.4, 0.5) is 0 Å². The number of carboxylic acids is 1. The van der Waals surface area contributed by atoms with Gasteiger partial charge in [-0.3, -0.25) is 0 Å². The molecular formula is C24H48O3Si. The molecule has 1 atom stereocenters. The summed E-state index contributed by atoms with van der Waals surface area (Å²) in [4.78, 5) is 9.60. The summed E-state index contributed by atoms with van der Waals surface area (Å²) in [5, 5.41) is 7.89. The van der Waals surface area contributed by atoms with Gasteiger partial charge < -0.3 is 9.53 Å². The lowest BCUT2D eigenvalue weighted by atomic mass is 10.0. The van der Waals surface area contributed by atoms with E-state index in [0.29, 0.717) is 0 Å². The zero-order valence-corrected chi connectivity index (χ0v) is 20.1. The first-order valence-electron chi connectivity index (χ1n) is 12.1. The van der Waals surface area contributed by atoms with Gasteiger partial charge in [-0.05, 0) is 25.4 Å². The number of hydrogen-bond donors (Lipinski definition) is 1. The van der Waals surface area contributed by atoms with Crippen molar-refractivity contribution < 1.29 is 14.3 Å². The molecule has 1 unspecified atom stereocenters. The van der Waals surface area contributed by atoms with Crippen molar-refractivity contribution in [3.63, 3.8) is 0 Å². The van der Waals surface area contributed by atoms with Crippen molar-refractivity contribution in [1.29, 1.82) is 0 Å². The smallest absolute Gasteiger partial charge is 0.330 e. The van der Waals surface area contributed by atoms with Crippen LogP contribution in [0.15, 0.2) is 12.2 Å². The van der Waals surface area contributed by atoms with E-state index in [1.807, 2.05) is 0 Å². The van der Waals surface area contributed by atoms with Gasteiger partial charge in [-0.2, -0.15) is 0 Å². The van der Waals surface area contributed by atoms with Crippen LogP contribution in [0.2, 0.25) is 12.1 Å². The summed E-state index contributed by atoms with van der Waals surface area (Å²) in [6, 6.07) is 2.91. The van der Waals surface area contributed by atoms with E-state index in [2.05, 4.69) is 13.5 Å². The quantitative estimate of drug-likeness (QED) is 0.161. The molecule has 1 fully saturated rings. The first-order chi connectivity index (χ1) is 13.6. The molecule has 0 radical (unpaired) electrons. The third-order valence-corrected chi connectivity index (χ3v) is 8.33.